The minimum absolute atomic E-state index is 0.178. The van der Waals surface area contributed by atoms with Gasteiger partial charge in [-0.05, 0) is 65.4 Å². The summed E-state index contributed by atoms with van der Waals surface area (Å²) < 4.78 is 11.6. The SMILES string of the molecule is C=CCOC(=O)c1ccc(-c2ccc(I)cc2C)o1. The van der Waals surface area contributed by atoms with Gasteiger partial charge in [0.25, 0.3) is 0 Å². The third-order valence-corrected chi connectivity index (χ3v) is 3.26. The number of ether oxygens (including phenoxy) is 1. The third-order valence-electron chi connectivity index (χ3n) is 2.59. The van der Waals surface area contributed by atoms with E-state index < -0.39 is 5.97 Å². The minimum atomic E-state index is -0.477. The van der Waals surface area contributed by atoms with E-state index >= 15 is 0 Å². The van der Waals surface area contributed by atoms with Gasteiger partial charge in [0.15, 0.2) is 0 Å². The summed E-state index contributed by atoms with van der Waals surface area (Å²) in [6, 6.07) is 9.45. The highest BCUT2D eigenvalue weighted by molar-refractivity contribution is 14.1. The number of esters is 1. The number of furan rings is 1. The number of halogens is 1. The summed E-state index contributed by atoms with van der Waals surface area (Å²) in [5, 5.41) is 0. The van der Waals surface area contributed by atoms with Gasteiger partial charge in [0.05, 0.1) is 0 Å². The van der Waals surface area contributed by atoms with Crippen LogP contribution in [-0.2, 0) is 4.74 Å². The van der Waals surface area contributed by atoms with Crippen LogP contribution < -0.4 is 0 Å². The van der Waals surface area contributed by atoms with Crippen molar-refractivity contribution < 1.29 is 13.9 Å². The van der Waals surface area contributed by atoms with Crippen molar-refractivity contribution in [3.05, 3.63) is 57.9 Å². The van der Waals surface area contributed by atoms with Crippen LogP contribution in [0.3, 0.4) is 0 Å². The van der Waals surface area contributed by atoms with E-state index in [1.165, 1.54) is 6.08 Å². The van der Waals surface area contributed by atoms with E-state index in [4.69, 9.17) is 9.15 Å². The van der Waals surface area contributed by atoms with E-state index in [9.17, 15) is 4.79 Å². The minimum Gasteiger partial charge on any atom is -0.456 e. The van der Waals surface area contributed by atoms with Crippen molar-refractivity contribution in [3.8, 4) is 11.3 Å². The van der Waals surface area contributed by atoms with Gasteiger partial charge in [-0.25, -0.2) is 4.79 Å². The van der Waals surface area contributed by atoms with Gasteiger partial charge >= 0.3 is 5.97 Å². The molecule has 0 saturated carbocycles. The van der Waals surface area contributed by atoms with Crippen LogP contribution in [0.15, 0.2) is 47.4 Å². The molecule has 0 fully saturated rings. The molecule has 0 aliphatic rings. The number of carbonyl (C=O) groups is 1. The fraction of sp³-hybridized carbons (Fsp3) is 0.133. The molecule has 0 aliphatic carbocycles. The quantitative estimate of drug-likeness (QED) is 0.461. The molecule has 0 N–H and O–H groups in total. The number of aryl methyl sites for hydroxylation is 1. The van der Waals surface area contributed by atoms with Crippen LogP contribution in [0.5, 0.6) is 0 Å². The fourth-order valence-electron chi connectivity index (χ4n) is 1.70. The lowest BCUT2D eigenvalue weighted by Gasteiger charge is -2.03. The largest absolute Gasteiger partial charge is 0.456 e. The van der Waals surface area contributed by atoms with Gasteiger partial charge in [0, 0.05) is 9.13 Å². The molecule has 19 heavy (non-hydrogen) atoms. The number of hydrogen-bond acceptors (Lipinski definition) is 3. The van der Waals surface area contributed by atoms with E-state index in [0.29, 0.717) is 5.76 Å². The topological polar surface area (TPSA) is 39.4 Å². The number of benzene rings is 1. The van der Waals surface area contributed by atoms with Crippen molar-refractivity contribution in [3.63, 3.8) is 0 Å². The zero-order valence-electron chi connectivity index (χ0n) is 10.5. The Balaban J connectivity index is 2.25. The summed E-state index contributed by atoms with van der Waals surface area (Å²) in [5.41, 5.74) is 2.08. The van der Waals surface area contributed by atoms with E-state index in [0.717, 1.165) is 14.7 Å². The molecule has 0 amide bonds. The molecule has 0 bridgehead atoms. The van der Waals surface area contributed by atoms with Crippen LogP contribution in [0.2, 0.25) is 0 Å². The van der Waals surface area contributed by atoms with Crippen LogP contribution in [0.4, 0.5) is 0 Å². The lowest BCUT2D eigenvalue weighted by Crippen LogP contribution is -2.03. The molecular weight excluding hydrogens is 355 g/mol. The molecule has 0 atom stereocenters. The molecule has 1 aromatic carbocycles. The van der Waals surface area contributed by atoms with Gasteiger partial charge < -0.3 is 9.15 Å². The summed E-state index contributed by atoms with van der Waals surface area (Å²) >= 11 is 2.26. The monoisotopic (exact) mass is 368 g/mol. The zero-order chi connectivity index (χ0) is 13.8. The van der Waals surface area contributed by atoms with E-state index in [2.05, 4.69) is 35.2 Å². The second-order valence-corrected chi connectivity index (χ2v) is 5.26. The molecule has 0 radical (unpaired) electrons. The Morgan fingerprint density at radius 1 is 1.42 bits per heavy atom. The molecule has 0 saturated heterocycles. The highest BCUT2D eigenvalue weighted by Crippen LogP contribution is 2.27. The first-order chi connectivity index (χ1) is 9.11. The van der Waals surface area contributed by atoms with Gasteiger partial charge in [0.2, 0.25) is 5.76 Å². The standard InChI is InChI=1S/C15H13IO3/c1-3-8-18-15(17)14-7-6-13(19-14)12-5-4-11(16)9-10(12)2/h3-7,9H,1,8H2,2H3. The van der Waals surface area contributed by atoms with E-state index in [1.54, 1.807) is 12.1 Å². The molecule has 0 unspecified atom stereocenters. The molecule has 0 aliphatic heterocycles. The summed E-state index contributed by atoms with van der Waals surface area (Å²) in [7, 11) is 0. The lowest BCUT2D eigenvalue weighted by atomic mass is 10.1. The number of hydrogen-bond donors (Lipinski definition) is 0. The van der Waals surface area contributed by atoms with Gasteiger partial charge in [-0.2, -0.15) is 0 Å². The highest BCUT2D eigenvalue weighted by Gasteiger charge is 2.14. The van der Waals surface area contributed by atoms with Gasteiger partial charge in [-0.3, -0.25) is 0 Å². The maximum absolute atomic E-state index is 11.6. The van der Waals surface area contributed by atoms with Crippen LogP contribution in [0.25, 0.3) is 11.3 Å². The molecule has 1 aromatic heterocycles. The van der Waals surface area contributed by atoms with Crippen LogP contribution in [0, 0.1) is 10.5 Å². The van der Waals surface area contributed by atoms with Crippen molar-refractivity contribution in [2.24, 2.45) is 0 Å². The Morgan fingerprint density at radius 3 is 2.89 bits per heavy atom. The molecular formula is C15H13IO3. The van der Waals surface area contributed by atoms with Crippen LogP contribution in [-0.4, -0.2) is 12.6 Å². The molecule has 4 heteroatoms. The Hall–Kier alpha value is -1.56. The van der Waals surface area contributed by atoms with Crippen molar-refractivity contribution in [2.75, 3.05) is 6.61 Å². The molecule has 2 aromatic rings. The first kappa shape index (κ1) is 13.9. The molecule has 3 nitrogen and oxygen atoms in total. The predicted octanol–water partition coefficient (Wildman–Crippen LogP) is 4.20. The van der Waals surface area contributed by atoms with E-state index in [-0.39, 0.29) is 12.4 Å². The maximum Gasteiger partial charge on any atom is 0.374 e. The number of carbonyl (C=O) groups excluding carboxylic acids is 1. The highest BCUT2D eigenvalue weighted by atomic mass is 127. The third kappa shape index (κ3) is 3.26. The second kappa shape index (κ2) is 6.06. The van der Waals surface area contributed by atoms with Crippen LogP contribution >= 0.6 is 22.6 Å². The Labute approximate surface area is 125 Å². The second-order valence-electron chi connectivity index (χ2n) is 4.01. The molecule has 2 rings (SSSR count). The van der Waals surface area contributed by atoms with Gasteiger partial charge in [-0.15, -0.1) is 0 Å². The first-order valence-corrected chi connectivity index (χ1v) is 6.84. The summed E-state index contributed by atoms with van der Waals surface area (Å²) in [6.45, 7) is 5.68. The molecule has 1 heterocycles. The van der Waals surface area contributed by atoms with Crippen molar-refractivity contribution in [2.45, 2.75) is 6.92 Å². The summed E-state index contributed by atoms with van der Waals surface area (Å²) in [4.78, 5) is 11.6. The average molecular weight is 368 g/mol. The Morgan fingerprint density at radius 2 is 2.21 bits per heavy atom. The van der Waals surface area contributed by atoms with Crippen molar-refractivity contribution in [1.82, 2.24) is 0 Å². The predicted molar refractivity (Wildman–Crippen MR) is 82.1 cm³/mol. The van der Waals surface area contributed by atoms with Gasteiger partial charge in [-0.1, -0.05) is 12.7 Å². The van der Waals surface area contributed by atoms with Crippen molar-refractivity contribution >= 4 is 28.6 Å². The Kier molecular flexibility index (Phi) is 4.42. The molecule has 98 valence electrons. The summed E-state index contributed by atoms with van der Waals surface area (Å²) in [5.74, 6) is 0.392. The van der Waals surface area contributed by atoms with Gasteiger partial charge in [0.1, 0.15) is 12.4 Å². The smallest absolute Gasteiger partial charge is 0.374 e. The zero-order valence-corrected chi connectivity index (χ0v) is 12.6. The van der Waals surface area contributed by atoms with Crippen LogP contribution in [0.1, 0.15) is 16.1 Å². The fourth-order valence-corrected chi connectivity index (χ4v) is 2.35. The maximum atomic E-state index is 11.6. The summed E-state index contributed by atoms with van der Waals surface area (Å²) in [6.07, 6.45) is 1.52. The van der Waals surface area contributed by atoms with E-state index in [1.807, 2.05) is 19.1 Å². The van der Waals surface area contributed by atoms with Crippen molar-refractivity contribution in [1.29, 1.82) is 0 Å². The number of rotatable bonds is 4. The Bertz CT molecular complexity index is 614. The normalized spacial score (nSPS) is 10.2. The first-order valence-electron chi connectivity index (χ1n) is 5.76. The molecule has 0 spiro atoms. The lowest BCUT2D eigenvalue weighted by molar-refractivity contribution is 0.0514. The average Bonchev–Trinajstić information content (AvgIpc) is 2.85.